The van der Waals surface area contributed by atoms with E-state index >= 15 is 0 Å². The van der Waals surface area contributed by atoms with E-state index in [4.69, 9.17) is 11.6 Å². The number of nitrogens with one attached hydrogen (secondary N) is 2. The quantitative estimate of drug-likeness (QED) is 0.634. The fourth-order valence-electron chi connectivity index (χ4n) is 3.15. The molecular formula is C19H16ClF6N5O2. The van der Waals surface area contributed by atoms with Crippen molar-refractivity contribution in [2.24, 2.45) is 0 Å². The first kappa shape index (κ1) is 24.6. The van der Waals surface area contributed by atoms with Gasteiger partial charge in [0.05, 0.1) is 16.8 Å². The number of aromatic nitrogens is 2. The van der Waals surface area contributed by atoms with Crippen LogP contribution in [0, 0.1) is 0 Å². The summed E-state index contributed by atoms with van der Waals surface area (Å²) in [5.41, 5.74) is -3.05. The average Bonchev–Trinajstić information content (AvgIpc) is 2.73. The topological polar surface area (TPSA) is 87.2 Å². The predicted octanol–water partition coefficient (Wildman–Crippen LogP) is 3.79. The van der Waals surface area contributed by atoms with Gasteiger partial charge in [-0.15, -0.1) is 0 Å². The standard InChI is InChI=1S/C19H16ClF6N5O2/c1-9-16(32)27-6-7-31(9)17(33)30-14(10-2-5-13(28-8-10)18(21,22)23)12-4-3-11(20)15(29-12)19(24,25)26/h2-5,8-9,14H,6-7H2,1H3,(H,27,32)(H,30,33)/t9-,14+/m1/s1. The Morgan fingerprint density at radius 3 is 2.45 bits per heavy atom. The molecule has 0 aromatic carbocycles. The summed E-state index contributed by atoms with van der Waals surface area (Å²) in [5, 5.41) is 4.30. The lowest BCUT2D eigenvalue weighted by molar-refractivity contribution is -0.142. The van der Waals surface area contributed by atoms with Crippen molar-refractivity contribution in [3.8, 4) is 0 Å². The van der Waals surface area contributed by atoms with Crippen molar-refractivity contribution in [3.05, 3.63) is 58.1 Å². The van der Waals surface area contributed by atoms with Crippen LogP contribution < -0.4 is 10.6 Å². The van der Waals surface area contributed by atoms with Crippen LogP contribution in [0.5, 0.6) is 0 Å². The van der Waals surface area contributed by atoms with Crippen LogP contribution >= 0.6 is 11.6 Å². The first-order valence-electron chi connectivity index (χ1n) is 9.40. The Kier molecular flexibility index (Phi) is 6.73. The Morgan fingerprint density at radius 2 is 1.88 bits per heavy atom. The molecule has 2 N–H and O–H groups in total. The number of amides is 3. The van der Waals surface area contributed by atoms with Gasteiger partial charge in [0, 0.05) is 19.3 Å². The fourth-order valence-corrected chi connectivity index (χ4v) is 3.37. The molecule has 0 saturated carbocycles. The molecule has 3 heterocycles. The molecule has 2 aromatic heterocycles. The van der Waals surface area contributed by atoms with E-state index < -0.39 is 52.8 Å². The number of urea groups is 1. The summed E-state index contributed by atoms with van der Waals surface area (Å²) in [7, 11) is 0. The first-order valence-corrected chi connectivity index (χ1v) is 9.78. The summed E-state index contributed by atoms with van der Waals surface area (Å²) in [5.74, 6) is -0.437. The number of hydrogen-bond acceptors (Lipinski definition) is 4. The molecule has 178 valence electrons. The van der Waals surface area contributed by atoms with Gasteiger partial charge < -0.3 is 15.5 Å². The Morgan fingerprint density at radius 1 is 1.18 bits per heavy atom. The number of carbonyl (C=O) groups excluding carboxylic acids is 2. The third-order valence-corrected chi connectivity index (χ3v) is 5.17. The highest BCUT2D eigenvalue weighted by atomic mass is 35.5. The lowest BCUT2D eigenvalue weighted by Gasteiger charge is -2.34. The molecule has 1 fully saturated rings. The summed E-state index contributed by atoms with van der Waals surface area (Å²) >= 11 is 5.61. The van der Waals surface area contributed by atoms with Crippen molar-refractivity contribution in [2.45, 2.75) is 31.4 Å². The van der Waals surface area contributed by atoms with Crippen molar-refractivity contribution < 1.29 is 35.9 Å². The van der Waals surface area contributed by atoms with Crippen LogP contribution in [0.25, 0.3) is 0 Å². The number of alkyl halides is 6. The Hall–Kier alpha value is -3.09. The second-order valence-corrected chi connectivity index (χ2v) is 7.49. The molecule has 3 rings (SSSR count). The van der Waals surface area contributed by atoms with E-state index in [0.717, 1.165) is 29.3 Å². The smallest absolute Gasteiger partial charge is 0.353 e. The summed E-state index contributed by atoms with van der Waals surface area (Å²) < 4.78 is 78.5. The van der Waals surface area contributed by atoms with Crippen LogP contribution in [0.1, 0.15) is 35.6 Å². The van der Waals surface area contributed by atoms with Crippen molar-refractivity contribution in [3.63, 3.8) is 0 Å². The zero-order valence-corrected chi connectivity index (χ0v) is 17.5. The molecule has 1 aliphatic heterocycles. The number of rotatable bonds is 3. The molecule has 1 saturated heterocycles. The molecule has 0 bridgehead atoms. The van der Waals surface area contributed by atoms with Gasteiger partial charge in [-0.3, -0.25) is 9.78 Å². The maximum Gasteiger partial charge on any atom is 0.434 e. The van der Waals surface area contributed by atoms with Gasteiger partial charge in [-0.2, -0.15) is 26.3 Å². The number of carbonyl (C=O) groups is 2. The normalized spacial score (nSPS) is 18.0. The maximum absolute atomic E-state index is 13.3. The molecule has 33 heavy (non-hydrogen) atoms. The number of halogens is 7. The van der Waals surface area contributed by atoms with Gasteiger partial charge in [-0.05, 0) is 30.7 Å². The lowest BCUT2D eigenvalue weighted by Crippen LogP contribution is -2.58. The lowest BCUT2D eigenvalue weighted by atomic mass is 10.0. The number of hydrogen-bond donors (Lipinski definition) is 2. The van der Waals surface area contributed by atoms with E-state index in [1.807, 2.05) is 0 Å². The van der Waals surface area contributed by atoms with E-state index in [2.05, 4.69) is 20.6 Å². The van der Waals surface area contributed by atoms with Crippen LogP contribution in [0.4, 0.5) is 31.1 Å². The van der Waals surface area contributed by atoms with Gasteiger partial charge >= 0.3 is 18.4 Å². The van der Waals surface area contributed by atoms with Gasteiger partial charge in [-0.1, -0.05) is 17.7 Å². The summed E-state index contributed by atoms with van der Waals surface area (Å²) in [6, 6.07) is 0.500. The third-order valence-electron chi connectivity index (χ3n) is 4.87. The highest BCUT2D eigenvalue weighted by Crippen LogP contribution is 2.35. The summed E-state index contributed by atoms with van der Waals surface area (Å²) in [4.78, 5) is 32.7. The van der Waals surface area contributed by atoms with Gasteiger partial charge in [-0.25, -0.2) is 9.78 Å². The molecule has 2 atom stereocenters. The van der Waals surface area contributed by atoms with Crippen molar-refractivity contribution in [1.82, 2.24) is 25.5 Å². The van der Waals surface area contributed by atoms with Gasteiger partial charge in [0.1, 0.15) is 11.7 Å². The highest BCUT2D eigenvalue weighted by molar-refractivity contribution is 6.31. The van der Waals surface area contributed by atoms with Crippen LogP contribution in [0.15, 0.2) is 30.5 Å². The second-order valence-electron chi connectivity index (χ2n) is 7.08. The summed E-state index contributed by atoms with van der Waals surface area (Å²) in [6.07, 6.45) is -8.88. The molecule has 3 amide bonds. The molecule has 0 unspecified atom stereocenters. The van der Waals surface area contributed by atoms with Crippen molar-refractivity contribution in [2.75, 3.05) is 13.1 Å². The fraction of sp³-hybridized carbons (Fsp3) is 0.368. The van der Waals surface area contributed by atoms with Crippen molar-refractivity contribution in [1.29, 1.82) is 0 Å². The predicted molar refractivity (Wildman–Crippen MR) is 103 cm³/mol. The van der Waals surface area contributed by atoms with Crippen LogP contribution in [0.2, 0.25) is 5.02 Å². The molecule has 14 heteroatoms. The van der Waals surface area contributed by atoms with Gasteiger partial charge in [0.2, 0.25) is 5.91 Å². The van der Waals surface area contributed by atoms with Crippen LogP contribution in [-0.2, 0) is 17.1 Å². The number of pyridine rings is 2. The minimum atomic E-state index is -4.92. The van der Waals surface area contributed by atoms with E-state index in [-0.39, 0.29) is 24.3 Å². The zero-order valence-electron chi connectivity index (χ0n) is 16.8. The van der Waals surface area contributed by atoms with E-state index in [9.17, 15) is 35.9 Å². The minimum absolute atomic E-state index is 0.0617. The SMILES string of the molecule is C[C@@H]1C(=O)NCCN1C(=O)N[C@@H](c1ccc(C(F)(F)F)nc1)c1ccc(Cl)c(C(F)(F)F)n1. The van der Waals surface area contributed by atoms with E-state index in [1.165, 1.54) is 6.92 Å². The highest BCUT2D eigenvalue weighted by Gasteiger charge is 2.37. The van der Waals surface area contributed by atoms with E-state index in [0.29, 0.717) is 6.07 Å². The van der Waals surface area contributed by atoms with Gasteiger partial charge in [0.25, 0.3) is 0 Å². The Balaban J connectivity index is 2.02. The van der Waals surface area contributed by atoms with Crippen molar-refractivity contribution >= 4 is 23.5 Å². The van der Waals surface area contributed by atoms with Crippen LogP contribution in [-0.4, -0.2) is 45.9 Å². The molecule has 0 aliphatic carbocycles. The Bertz CT molecular complexity index is 1040. The zero-order chi connectivity index (χ0) is 24.6. The Labute approximate surface area is 188 Å². The van der Waals surface area contributed by atoms with Crippen LogP contribution in [0.3, 0.4) is 0 Å². The molecule has 0 radical (unpaired) electrons. The van der Waals surface area contributed by atoms with E-state index in [1.54, 1.807) is 0 Å². The molecule has 1 aliphatic rings. The third kappa shape index (κ3) is 5.46. The number of piperazine rings is 1. The monoisotopic (exact) mass is 495 g/mol. The largest absolute Gasteiger partial charge is 0.434 e. The second kappa shape index (κ2) is 9.04. The first-order chi connectivity index (χ1) is 15.3. The minimum Gasteiger partial charge on any atom is -0.353 e. The average molecular weight is 496 g/mol. The number of nitrogens with zero attached hydrogens (tertiary/aromatic N) is 3. The molecular weight excluding hydrogens is 480 g/mol. The molecule has 2 aromatic rings. The summed E-state index contributed by atoms with van der Waals surface area (Å²) in [6.45, 7) is 1.71. The maximum atomic E-state index is 13.3. The van der Waals surface area contributed by atoms with Gasteiger partial charge in [0.15, 0.2) is 5.69 Å². The molecule has 7 nitrogen and oxygen atoms in total. The molecule has 0 spiro atoms.